The summed E-state index contributed by atoms with van der Waals surface area (Å²) in [6.45, 7) is 6.39. The van der Waals surface area contributed by atoms with Crippen molar-refractivity contribution in [3.05, 3.63) is 43.0 Å². The van der Waals surface area contributed by atoms with Gasteiger partial charge in [-0.2, -0.15) is 0 Å². The van der Waals surface area contributed by atoms with Crippen LogP contribution in [0.3, 0.4) is 0 Å². The summed E-state index contributed by atoms with van der Waals surface area (Å²) in [6.07, 6.45) is 8.99. The van der Waals surface area contributed by atoms with Crippen molar-refractivity contribution in [1.29, 1.82) is 0 Å². The summed E-state index contributed by atoms with van der Waals surface area (Å²) in [4.78, 5) is 12.7. The van der Waals surface area contributed by atoms with Gasteiger partial charge >= 0.3 is 0 Å². The molecule has 0 unspecified atom stereocenters. The van der Waals surface area contributed by atoms with Crippen LogP contribution in [-0.2, 0) is 11.3 Å². The Morgan fingerprint density at radius 2 is 1.96 bits per heavy atom. The molecular weight excluding hydrogens is 356 g/mol. The van der Waals surface area contributed by atoms with Crippen LogP contribution in [0.15, 0.2) is 48.1 Å². The minimum atomic E-state index is -0.218. The lowest BCUT2D eigenvalue weighted by molar-refractivity contribution is -0.121. The Kier molecular flexibility index (Phi) is 7.10. The van der Waals surface area contributed by atoms with Crippen molar-refractivity contribution in [2.75, 3.05) is 0 Å². The minimum absolute atomic E-state index is 0.0846. The molecular formula is C21H28N4OS. The van der Waals surface area contributed by atoms with Crippen LogP contribution in [0, 0.1) is 0 Å². The predicted molar refractivity (Wildman–Crippen MR) is 111 cm³/mol. The summed E-state index contributed by atoms with van der Waals surface area (Å²) in [7, 11) is 0. The number of rotatable bonds is 7. The molecule has 0 spiro atoms. The molecule has 1 atom stereocenters. The highest BCUT2D eigenvalue weighted by Crippen LogP contribution is 2.27. The molecule has 1 aromatic carbocycles. The molecule has 3 rings (SSSR count). The van der Waals surface area contributed by atoms with Gasteiger partial charge in [0.25, 0.3) is 0 Å². The molecule has 1 aliphatic rings. The predicted octanol–water partition coefficient (Wildman–Crippen LogP) is 4.45. The number of nitrogens with one attached hydrogen (secondary N) is 1. The zero-order chi connectivity index (χ0) is 19.1. The molecule has 144 valence electrons. The SMILES string of the molecule is C=CCn1c(S[C@@H](C)C(=O)NC2CCCCCC2)nnc1-c1ccccc1. The van der Waals surface area contributed by atoms with E-state index in [2.05, 4.69) is 22.1 Å². The van der Waals surface area contributed by atoms with Crippen LogP contribution >= 0.6 is 11.8 Å². The van der Waals surface area contributed by atoms with Gasteiger partial charge < -0.3 is 5.32 Å². The number of carbonyl (C=O) groups excluding carboxylic acids is 1. The number of aromatic nitrogens is 3. The maximum atomic E-state index is 12.7. The highest BCUT2D eigenvalue weighted by molar-refractivity contribution is 8.00. The zero-order valence-corrected chi connectivity index (χ0v) is 16.8. The summed E-state index contributed by atoms with van der Waals surface area (Å²) < 4.78 is 2.02. The van der Waals surface area contributed by atoms with Crippen LogP contribution in [0.5, 0.6) is 0 Å². The summed E-state index contributed by atoms with van der Waals surface area (Å²) in [5, 5.41) is 12.5. The van der Waals surface area contributed by atoms with Gasteiger partial charge in [-0.05, 0) is 19.8 Å². The van der Waals surface area contributed by atoms with Gasteiger partial charge in [0.15, 0.2) is 11.0 Å². The molecule has 1 aromatic heterocycles. The lowest BCUT2D eigenvalue weighted by Gasteiger charge is -2.19. The quantitative estimate of drug-likeness (QED) is 0.435. The third-order valence-electron chi connectivity index (χ3n) is 4.91. The van der Waals surface area contributed by atoms with Crippen molar-refractivity contribution < 1.29 is 4.79 Å². The van der Waals surface area contributed by atoms with Gasteiger partial charge in [-0.15, -0.1) is 16.8 Å². The second-order valence-electron chi connectivity index (χ2n) is 7.03. The van der Waals surface area contributed by atoms with E-state index in [0.29, 0.717) is 12.6 Å². The molecule has 1 aliphatic carbocycles. The number of allylic oxidation sites excluding steroid dienone is 1. The molecule has 27 heavy (non-hydrogen) atoms. The monoisotopic (exact) mass is 384 g/mol. The molecule has 2 aromatic rings. The molecule has 5 nitrogen and oxygen atoms in total. The highest BCUT2D eigenvalue weighted by Gasteiger charge is 2.23. The Morgan fingerprint density at radius 3 is 2.63 bits per heavy atom. The first-order valence-electron chi connectivity index (χ1n) is 9.75. The van der Waals surface area contributed by atoms with E-state index in [0.717, 1.165) is 29.4 Å². The highest BCUT2D eigenvalue weighted by atomic mass is 32.2. The van der Waals surface area contributed by atoms with Crippen LogP contribution < -0.4 is 5.32 Å². The fraction of sp³-hybridized carbons (Fsp3) is 0.476. The van der Waals surface area contributed by atoms with E-state index in [1.165, 1.54) is 37.4 Å². The third kappa shape index (κ3) is 5.22. The lowest BCUT2D eigenvalue weighted by Crippen LogP contribution is -2.39. The summed E-state index contributed by atoms with van der Waals surface area (Å²) >= 11 is 1.46. The average molecular weight is 385 g/mol. The number of benzene rings is 1. The molecule has 1 fully saturated rings. The molecule has 0 bridgehead atoms. The van der Waals surface area contributed by atoms with Gasteiger partial charge in [0.05, 0.1) is 5.25 Å². The smallest absolute Gasteiger partial charge is 0.233 e. The van der Waals surface area contributed by atoms with Crippen LogP contribution in [0.2, 0.25) is 0 Å². The number of amides is 1. The zero-order valence-electron chi connectivity index (χ0n) is 15.9. The van der Waals surface area contributed by atoms with Gasteiger partial charge in [0, 0.05) is 18.2 Å². The topological polar surface area (TPSA) is 59.8 Å². The molecule has 0 radical (unpaired) electrons. The molecule has 1 saturated carbocycles. The molecule has 1 heterocycles. The van der Waals surface area contributed by atoms with E-state index in [4.69, 9.17) is 0 Å². The van der Waals surface area contributed by atoms with Crippen molar-refractivity contribution in [2.45, 2.75) is 68.4 Å². The fourth-order valence-corrected chi connectivity index (χ4v) is 4.29. The van der Waals surface area contributed by atoms with E-state index < -0.39 is 0 Å². The lowest BCUT2D eigenvalue weighted by atomic mass is 10.1. The van der Waals surface area contributed by atoms with Crippen molar-refractivity contribution in [3.63, 3.8) is 0 Å². The standard InChI is InChI=1S/C21H28N4OS/c1-3-15-25-19(17-11-7-6-8-12-17)23-24-21(25)27-16(2)20(26)22-18-13-9-4-5-10-14-18/h3,6-8,11-12,16,18H,1,4-5,9-10,13-15H2,2H3,(H,22,26)/t16-/m0/s1. The van der Waals surface area contributed by atoms with Crippen LogP contribution in [-0.4, -0.2) is 32.0 Å². The van der Waals surface area contributed by atoms with Gasteiger partial charge in [0.2, 0.25) is 5.91 Å². The molecule has 6 heteroatoms. The van der Waals surface area contributed by atoms with E-state index in [1.54, 1.807) is 0 Å². The van der Waals surface area contributed by atoms with Gasteiger partial charge in [0.1, 0.15) is 0 Å². The van der Waals surface area contributed by atoms with E-state index in [1.807, 2.05) is 47.9 Å². The van der Waals surface area contributed by atoms with E-state index >= 15 is 0 Å². The van der Waals surface area contributed by atoms with E-state index in [9.17, 15) is 4.79 Å². The van der Waals surface area contributed by atoms with Crippen LogP contribution in [0.25, 0.3) is 11.4 Å². The van der Waals surface area contributed by atoms with Crippen LogP contribution in [0.4, 0.5) is 0 Å². The maximum Gasteiger partial charge on any atom is 0.233 e. The van der Waals surface area contributed by atoms with Crippen molar-refractivity contribution in [1.82, 2.24) is 20.1 Å². The molecule has 1 amide bonds. The number of thioether (sulfide) groups is 1. The Labute approximate surface area is 165 Å². The van der Waals surface area contributed by atoms with Gasteiger partial charge in [-0.1, -0.05) is 73.9 Å². The van der Waals surface area contributed by atoms with Crippen LogP contribution in [0.1, 0.15) is 45.4 Å². The molecule has 1 N–H and O–H groups in total. The summed E-state index contributed by atoms with van der Waals surface area (Å²) in [5.41, 5.74) is 1.01. The maximum absolute atomic E-state index is 12.7. The Morgan fingerprint density at radius 1 is 1.26 bits per heavy atom. The van der Waals surface area contributed by atoms with E-state index in [-0.39, 0.29) is 11.2 Å². The first kappa shape index (κ1) is 19.7. The first-order valence-corrected chi connectivity index (χ1v) is 10.6. The number of carbonyl (C=O) groups is 1. The fourth-order valence-electron chi connectivity index (χ4n) is 3.42. The minimum Gasteiger partial charge on any atom is -0.352 e. The van der Waals surface area contributed by atoms with Crippen molar-refractivity contribution >= 4 is 17.7 Å². The Bertz CT molecular complexity index is 751. The summed E-state index contributed by atoms with van der Waals surface area (Å²) in [6, 6.07) is 10.3. The Balaban J connectivity index is 1.69. The van der Waals surface area contributed by atoms with Gasteiger partial charge in [-0.3, -0.25) is 9.36 Å². The Hall–Kier alpha value is -2.08. The third-order valence-corrected chi connectivity index (χ3v) is 5.99. The van der Waals surface area contributed by atoms with Gasteiger partial charge in [-0.25, -0.2) is 0 Å². The number of hydrogen-bond acceptors (Lipinski definition) is 4. The number of hydrogen-bond donors (Lipinski definition) is 1. The largest absolute Gasteiger partial charge is 0.352 e. The van der Waals surface area contributed by atoms with Crippen molar-refractivity contribution in [2.24, 2.45) is 0 Å². The first-order chi connectivity index (χ1) is 13.2. The molecule has 0 saturated heterocycles. The summed E-state index contributed by atoms with van der Waals surface area (Å²) in [5.74, 6) is 0.885. The average Bonchev–Trinajstić information content (AvgIpc) is 2.89. The molecule has 0 aliphatic heterocycles. The van der Waals surface area contributed by atoms with Crippen molar-refractivity contribution in [3.8, 4) is 11.4 Å². The second kappa shape index (κ2) is 9.74. The normalized spacial score (nSPS) is 16.5. The second-order valence-corrected chi connectivity index (χ2v) is 8.34. The number of nitrogens with zero attached hydrogens (tertiary/aromatic N) is 3.